The molecule has 2 aliphatic carbocycles. The van der Waals surface area contributed by atoms with Crippen LogP contribution in [0.5, 0.6) is 0 Å². The molecule has 48 heavy (non-hydrogen) atoms. The van der Waals surface area contributed by atoms with E-state index < -0.39 is 5.95 Å². The van der Waals surface area contributed by atoms with Gasteiger partial charge in [0.05, 0.1) is 30.9 Å². The number of carbonyl (C=O) groups is 1. The van der Waals surface area contributed by atoms with Crippen LogP contribution in [0.4, 0.5) is 10.2 Å². The maximum Gasteiger partial charge on any atom is 0.255 e. The molecule has 4 N–H and O–H groups in total. The minimum Gasteiger partial charge on any atom is -0.395 e. The van der Waals surface area contributed by atoms with Crippen molar-refractivity contribution in [1.82, 2.24) is 25.1 Å². The molecule has 10 heteroatoms. The third-order valence-corrected chi connectivity index (χ3v) is 10.3. The quantitative estimate of drug-likeness (QED) is 0.194. The Kier molecular flexibility index (Phi) is 9.50. The molecule has 0 bridgehead atoms. The number of nitrogens with one attached hydrogen (secondary N) is 1. The molecule has 0 spiro atoms. The van der Waals surface area contributed by atoms with E-state index in [1.165, 1.54) is 41.8 Å². The molecule has 3 aliphatic rings. The van der Waals surface area contributed by atoms with Gasteiger partial charge in [0.2, 0.25) is 5.95 Å². The monoisotopic (exact) mass is 650 g/mol. The lowest BCUT2D eigenvalue weighted by atomic mass is 9.97. The van der Waals surface area contributed by atoms with E-state index in [1.54, 1.807) is 18.3 Å². The van der Waals surface area contributed by atoms with Gasteiger partial charge >= 0.3 is 0 Å². The van der Waals surface area contributed by atoms with Crippen molar-refractivity contribution in [3.8, 4) is 22.3 Å². The van der Waals surface area contributed by atoms with Gasteiger partial charge in [-0.15, -0.1) is 0 Å². The van der Waals surface area contributed by atoms with Crippen LogP contribution in [0.15, 0.2) is 79.1 Å². The van der Waals surface area contributed by atoms with Crippen molar-refractivity contribution >= 4 is 11.7 Å². The molecule has 2 atom stereocenters. The number of pyridine rings is 2. The molecule has 3 heterocycles. The molecule has 2 aromatic carbocycles. The predicted molar refractivity (Wildman–Crippen MR) is 183 cm³/mol. The normalized spacial score (nSPS) is 20.9. The summed E-state index contributed by atoms with van der Waals surface area (Å²) in [4.78, 5) is 26.2. The standard InChI is InChI=1S/C38H43FN6O3/c39-35-13-10-29(23-41-35)30-22-32(36(40)42-24-30)37(47)43-33-2-1-3-34(33)48-25-26-4-6-27(7-5-26)28-8-11-31(12-9-28)38(14-15-38)45-18-16-44(17-19-45)20-21-46/h4-13,22-24,33-34,46H,1-3,14-21,25H2,(H2,40,42)(H,43,47)/t33-,34-/m0/s1. The molecular weight excluding hydrogens is 607 g/mol. The van der Waals surface area contributed by atoms with E-state index in [1.807, 2.05) is 0 Å². The number of nitrogens with zero attached hydrogens (tertiary/aromatic N) is 4. The maximum atomic E-state index is 13.3. The van der Waals surface area contributed by atoms with Gasteiger partial charge in [-0.05, 0) is 72.6 Å². The molecule has 9 nitrogen and oxygen atoms in total. The van der Waals surface area contributed by atoms with Crippen molar-refractivity contribution < 1.29 is 19.0 Å². The lowest BCUT2D eigenvalue weighted by Crippen LogP contribution is -2.51. The minimum absolute atomic E-state index is 0.104. The lowest BCUT2D eigenvalue weighted by molar-refractivity contribution is 0.0272. The number of anilines is 1. The van der Waals surface area contributed by atoms with Gasteiger partial charge in [-0.2, -0.15) is 4.39 Å². The van der Waals surface area contributed by atoms with Gasteiger partial charge in [0, 0.05) is 61.8 Å². The van der Waals surface area contributed by atoms with Gasteiger partial charge in [0.15, 0.2) is 0 Å². The Balaban J connectivity index is 0.932. The highest BCUT2D eigenvalue weighted by atomic mass is 19.1. The topological polar surface area (TPSA) is 117 Å². The molecule has 2 saturated carbocycles. The van der Waals surface area contributed by atoms with Crippen LogP contribution in [0.2, 0.25) is 0 Å². The van der Waals surface area contributed by atoms with Crippen LogP contribution in [-0.2, 0) is 16.9 Å². The fraction of sp³-hybridized carbons (Fsp3) is 0.395. The van der Waals surface area contributed by atoms with Crippen LogP contribution in [0, 0.1) is 5.95 Å². The number of nitrogens with two attached hydrogens (primary N) is 1. The molecule has 0 unspecified atom stereocenters. The number of carbonyl (C=O) groups excluding carboxylic acids is 1. The second-order valence-corrected chi connectivity index (χ2v) is 13.2. The van der Waals surface area contributed by atoms with Crippen LogP contribution in [0.3, 0.4) is 0 Å². The number of nitrogen functional groups attached to an aromatic ring is 1. The molecule has 4 aromatic rings. The molecule has 1 saturated heterocycles. The number of aromatic nitrogens is 2. The summed E-state index contributed by atoms with van der Waals surface area (Å²) in [6, 6.07) is 22.0. The summed E-state index contributed by atoms with van der Waals surface area (Å²) in [5.41, 5.74) is 12.7. The molecule has 0 radical (unpaired) electrons. The van der Waals surface area contributed by atoms with E-state index in [4.69, 9.17) is 10.5 Å². The van der Waals surface area contributed by atoms with Gasteiger partial charge in [-0.25, -0.2) is 9.97 Å². The van der Waals surface area contributed by atoms with Crippen molar-refractivity contribution in [2.75, 3.05) is 45.1 Å². The van der Waals surface area contributed by atoms with Crippen LogP contribution < -0.4 is 11.1 Å². The number of piperazine rings is 1. The summed E-state index contributed by atoms with van der Waals surface area (Å²) in [5.74, 6) is -0.741. The highest BCUT2D eigenvalue weighted by Gasteiger charge is 2.49. The van der Waals surface area contributed by atoms with E-state index in [9.17, 15) is 14.3 Å². The summed E-state index contributed by atoms with van der Waals surface area (Å²) in [6.07, 6.45) is 7.92. The van der Waals surface area contributed by atoms with E-state index >= 15 is 0 Å². The average Bonchev–Trinajstić information content (AvgIpc) is 3.81. The number of β-amino-alcohol motifs (C(OH)–C–C–N with tert-alkyl or cyclic N) is 1. The van der Waals surface area contributed by atoms with Crippen LogP contribution in [-0.4, -0.2) is 82.3 Å². The number of amides is 1. The molecular formula is C38H43FN6O3. The number of halogens is 1. The van der Waals surface area contributed by atoms with Crippen LogP contribution in [0.1, 0.15) is 53.6 Å². The number of rotatable bonds is 11. The Labute approximate surface area is 281 Å². The summed E-state index contributed by atoms with van der Waals surface area (Å²) in [7, 11) is 0. The molecule has 1 aliphatic heterocycles. The van der Waals surface area contributed by atoms with Gasteiger partial charge in [-0.3, -0.25) is 14.6 Å². The van der Waals surface area contributed by atoms with Gasteiger partial charge < -0.3 is 20.9 Å². The Bertz CT molecular complexity index is 1700. The zero-order chi connectivity index (χ0) is 33.1. The van der Waals surface area contributed by atoms with E-state index in [0.29, 0.717) is 17.7 Å². The Morgan fingerprint density at radius 2 is 1.60 bits per heavy atom. The molecule has 1 amide bonds. The second-order valence-electron chi connectivity index (χ2n) is 13.2. The Morgan fingerprint density at radius 3 is 2.27 bits per heavy atom. The number of aliphatic hydroxyl groups is 1. The predicted octanol–water partition coefficient (Wildman–Crippen LogP) is 5.00. The van der Waals surface area contributed by atoms with Gasteiger partial charge in [-0.1, -0.05) is 48.5 Å². The first-order valence-electron chi connectivity index (χ1n) is 17.0. The third kappa shape index (κ3) is 6.98. The van der Waals surface area contributed by atoms with Crippen molar-refractivity contribution in [1.29, 1.82) is 0 Å². The van der Waals surface area contributed by atoms with Crippen LogP contribution in [0.25, 0.3) is 22.3 Å². The minimum atomic E-state index is -0.572. The number of hydrogen-bond donors (Lipinski definition) is 3. The number of hydrogen-bond acceptors (Lipinski definition) is 8. The Hall–Kier alpha value is -4.22. The maximum absolute atomic E-state index is 13.3. The van der Waals surface area contributed by atoms with Crippen molar-refractivity contribution in [3.05, 3.63) is 102 Å². The summed E-state index contributed by atoms with van der Waals surface area (Å²) in [6.45, 7) is 5.60. The number of aliphatic hydroxyl groups excluding tert-OH is 1. The number of benzene rings is 2. The highest BCUT2D eigenvalue weighted by molar-refractivity contribution is 5.99. The van der Waals surface area contributed by atoms with E-state index in [2.05, 4.69) is 73.6 Å². The molecule has 7 rings (SSSR count). The van der Waals surface area contributed by atoms with Crippen molar-refractivity contribution in [3.63, 3.8) is 0 Å². The first-order chi connectivity index (χ1) is 23.4. The third-order valence-electron chi connectivity index (χ3n) is 10.3. The molecule has 250 valence electrons. The Morgan fingerprint density at radius 1 is 0.917 bits per heavy atom. The first kappa shape index (κ1) is 32.3. The van der Waals surface area contributed by atoms with Crippen molar-refractivity contribution in [2.45, 2.75) is 56.4 Å². The smallest absolute Gasteiger partial charge is 0.255 e. The zero-order valence-corrected chi connectivity index (χ0v) is 27.2. The van der Waals surface area contributed by atoms with Gasteiger partial charge in [0.1, 0.15) is 5.82 Å². The van der Waals surface area contributed by atoms with Crippen molar-refractivity contribution in [2.24, 2.45) is 0 Å². The first-order valence-corrected chi connectivity index (χ1v) is 17.0. The lowest BCUT2D eigenvalue weighted by Gasteiger charge is -2.40. The number of ether oxygens (including phenoxy) is 1. The summed E-state index contributed by atoms with van der Waals surface area (Å²) >= 11 is 0. The van der Waals surface area contributed by atoms with Crippen LogP contribution >= 0.6 is 0 Å². The molecule has 3 fully saturated rings. The summed E-state index contributed by atoms with van der Waals surface area (Å²) < 4.78 is 19.6. The largest absolute Gasteiger partial charge is 0.395 e. The molecule has 2 aromatic heterocycles. The highest BCUT2D eigenvalue weighted by Crippen LogP contribution is 2.51. The van der Waals surface area contributed by atoms with E-state index in [0.717, 1.165) is 57.5 Å². The SMILES string of the molecule is Nc1ncc(-c2ccc(F)nc2)cc1C(=O)N[C@H]1CCC[C@@H]1OCc1ccc(-c2ccc(C3(N4CCN(CCO)CC4)CC3)cc2)cc1. The fourth-order valence-corrected chi connectivity index (χ4v) is 7.31. The van der Waals surface area contributed by atoms with Gasteiger partial charge in [0.25, 0.3) is 5.91 Å². The summed E-state index contributed by atoms with van der Waals surface area (Å²) in [5, 5.41) is 12.4. The fourth-order valence-electron chi connectivity index (χ4n) is 7.31. The second kappa shape index (κ2) is 14.1. The zero-order valence-electron chi connectivity index (χ0n) is 27.2. The van der Waals surface area contributed by atoms with E-state index in [-0.39, 0.29) is 41.6 Å². The average molecular weight is 651 g/mol.